The average Bonchev–Trinajstić information content (AvgIpc) is 3.22. The highest BCUT2D eigenvalue weighted by Crippen LogP contribution is 2.25. The molecule has 2 N–H and O–H groups in total. The molecule has 3 heterocycles. The Morgan fingerprint density at radius 2 is 2.10 bits per heavy atom. The van der Waals surface area contributed by atoms with Gasteiger partial charge in [-0.05, 0) is 43.2 Å². The molecule has 31 heavy (non-hydrogen) atoms. The third-order valence-corrected chi connectivity index (χ3v) is 5.54. The number of aromatic nitrogens is 3. The summed E-state index contributed by atoms with van der Waals surface area (Å²) < 4.78 is 5.42. The van der Waals surface area contributed by atoms with Gasteiger partial charge in [-0.3, -0.25) is 9.69 Å². The van der Waals surface area contributed by atoms with Crippen molar-refractivity contribution in [1.82, 2.24) is 20.1 Å². The molecule has 2 aromatic heterocycles. The van der Waals surface area contributed by atoms with Gasteiger partial charge in [0.2, 0.25) is 0 Å². The second-order valence-corrected chi connectivity index (χ2v) is 7.66. The predicted octanol–water partition coefficient (Wildman–Crippen LogP) is 3.94. The zero-order valence-corrected chi connectivity index (χ0v) is 17.9. The highest BCUT2D eigenvalue weighted by Gasteiger charge is 2.13. The van der Waals surface area contributed by atoms with E-state index in [1.165, 1.54) is 5.56 Å². The fourth-order valence-electron chi connectivity index (χ4n) is 3.88. The molecule has 0 radical (unpaired) electrons. The molecule has 1 saturated heterocycles. The Labute approximate surface area is 181 Å². The second-order valence-electron chi connectivity index (χ2n) is 7.66. The third kappa shape index (κ3) is 4.93. The standard InChI is InChI=1S/C25H28N4O2/c1-3-5-19(6-4-2)23-17-21(25(30)28-27-23)24-16-20-15-18(7-8-22(20)26-24)9-10-29-11-13-31-14-12-29/h3-8,15-17,26H,1,9-14H2,2H3,(H,28,30)/b6-4-,19-5+. The van der Waals surface area contributed by atoms with E-state index in [1.807, 2.05) is 37.3 Å². The molecule has 1 aromatic carbocycles. The van der Waals surface area contributed by atoms with E-state index in [1.54, 1.807) is 6.08 Å². The number of aromatic amines is 2. The largest absolute Gasteiger partial charge is 0.379 e. The number of ether oxygens (including phenoxy) is 1. The minimum atomic E-state index is -0.221. The van der Waals surface area contributed by atoms with Crippen LogP contribution < -0.4 is 5.56 Å². The summed E-state index contributed by atoms with van der Waals surface area (Å²) >= 11 is 0. The number of nitrogens with zero attached hydrogens (tertiary/aromatic N) is 2. The number of fused-ring (bicyclic) bond motifs is 1. The van der Waals surface area contributed by atoms with E-state index in [9.17, 15) is 4.79 Å². The van der Waals surface area contributed by atoms with E-state index in [-0.39, 0.29) is 5.56 Å². The van der Waals surface area contributed by atoms with E-state index < -0.39 is 0 Å². The maximum atomic E-state index is 12.5. The second kappa shape index (κ2) is 9.73. The molecule has 1 aliphatic heterocycles. The first-order chi connectivity index (χ1) is 15.2. The number of benzene rings is 1. The topological polar surface area (TPSA) is 74.0 Å². The summed E-state index contributed by atoms with van der Waals surface area (Å²) in [6.07, 6.45) is 8.45. The quantitative estimate of drug-likeness (QED) is 0.572. The van der Waals surface area contributed by atoms with Crippen LogP contribution in [0.2, 0.25) is 0 Å². The molecule has 0 amide bonds. The van der Waals surface area contributed by atoms with E-state index in [4.69, 9.17) is 4.74 Å². The van der Waals surface area contributed by atoms with Crippen LogP contribution in [0, 0.1) is 0 Å². The number of hydrogen-bond acceptors (Lipinski definition) is 4. The first-order valence-electron chi connectivity index (χ1n) is 10.7. The van der Waals surface area contributed by atoms with Gasteiger partial charge in [0.25, 0.3) is 5.56 Å². The number of H-pyrrole nitrogens is 2. The summed E-state index contributed by atoms with van der Waals surface area (Å²) in [6.45, 7) is 10.4. The molecule has 0 aliphatic carbocycles. The smallest absolute Gasteiger partial charge is 0.273 e. The maximum absolute atomic E-state index is 12.5. The van der Waals surface area contributed by atoms with Crippen molar-refractivity contribution in [2.24, 2.45) is 0 Å². The molecule has 0 spiro atoms. The van der Waals surface area contributed by atoms with E-state index in [0.29, 0.717) is 11.3 Å². The molecular weight excluding hydrogens is 388 g/mol. The van der Waals surface area contributed by atoms with Crippen molar-refractivity contribution < 1.29 is 4.74 Å². The summed E-state index contributed by atoms with van der Waals surface area (Å²) in [5.41, 5.74) is 5.01. The van der Waals surface area contributed by atoms with Crippen LogP contribution in [0.25, 0.3) is 27.7 Å². The molecule has 160 valence electrons. The van der Waals surface area contributed by atoms with Crippen molar-refractivity contribution >= 4 is 16.5 Å². The van der Waals surface area contributed by atoms with Crippen LogP contribution in [-0.4, -0.2) is 52.9 Å². The van der Waals surface area contributed by atoms with E-state index >= 15 is 0 Å². The van der Waals surface area contributed by atoms with Crippen LogP contribution in [0.1, 0.15) is 18.2 Å². The van der Waals surface area contributed by atoms with Gasteiger partial charge in [0.15, 0.2) is 0 Å². The molecule has 1 aliphatic rings. The minimum absolute atomic E-state index is 0.221. The summed E-state index contributed by atoms with van der Waals surface area (Å²) in [5, 5.41) is 7.93. The Morgan fingerprint density at radius 3 is 2.87 bits per heavy atom. The Balaban J connectivity index is 1.61. The summed E-state index contributed by atoms with van der Waals surface area (Å²) in [4.78, 5) is 18.3. The lowest BCUT2D eigenvalue weighted by Gasteiger charge is -2.26. The first kappa shape index (κ1) is 21.0. The average molecular weight is 417 g/mol. The van der Waals surface area contributed by atoms with Crippen molar-refractivity contribution in [2.75, 3.05) is 32.8 Å². The lowest BCUT2D eigenvalue weighted by molar-refractivity contribution is 0.0384. The number of rotatable bonds is 7. The van der Waals surface area contributed by atoms with E-state index in [2.05, 4.69) is 44.9 Å². The Morgan fingerprint density at radius 1 is 1.26 bits per heavy atom. The molecule has 0 atom stereocenters. The molecule has 6 nitrogen and oxygen atoms in total. The number of hydrogen-bond donors (Lipinski definition) is 2. The highest BCUT2D eigenvalue weighted by molar-refractivity contribution is 5.87. The van der Waals surface area contributed by atoms with Crippen LogP contribution >= 0.6 is 0 Å². The SMILES string of the molecule is C=C/C=C(\C=C/C)c1cc(-c2cc3cc(CCN4CCOCC4)ccc3[nH]2)c(=O)[nH]n1. The van der Waals surface area contributed by atoms with Gasteiger partial charge in [-0.2, -0.15) is 5.10 Å². The van der Waals surface area contributed by atoms with Gasteiger partial charge in [0, 0.05) is 36.1 Å². The maximum Gasteiger partial charge on any atom is 0.273 e. The van der Waals surface area contributed by atoms with Crippen LogP contribution in [0.4, 0.5) is 0 Å². The molecule has 0 bridgehead atoms. The number of allylic oxidation sites excluding steroid dienone is 5. The fraction of sp³-hybridized carbons (Fsp3) is 0.280. The van der Waals surface area contributed by atoms with Crippen LogP contribution in [0.15, 0.2) is 66.0 Å². The highest BCUT2D eigenvalue weighted by atomic mass is 16.5. The molecule has 0 unspecified atom stereocenters. The van der Waals surface area contributed by atoms with Gasteiger partial charge in [0.05, 0.1) is 30.2 Å². The zero-order chi connectivity index (χ0) is 21.6. The van der Waals surface area contributed by atoms with Crippen molar-refractivity contribution in [1.29, 1.82) is 0 Å². The van der Waals surface area contributed by atoms with Gasteiger partial charge < -0.3 is 9.72 Å². The molecule has 4 rings (SSSR count). The molecule has 1 fully saturated rings. The van der Waals surface area contributed by atoms with Crippen LogP contribution in [0.5, 0.6) is 0 Å². The molecule has 3 aromatic rings. The van der Waals surface area contributed by atoms with Gasteiger partial charge >= 0.3 is 0 Å². The van der Waals surface area contributed by atoms with Crippen LogP contribution in [-0.2, 0) is 11.2 Å². The van der Waals surface area contributed by atoms with Gasteiger partial charge in [-0.1, -0.05) is 36.9 Å². The zero-order valence-electron chi connectivity index (χ0n) is 17.9. The minimum Gasteiger partial charge on any atom is -0.379 e. The van der Waals surface area contributed by atoms with Crippen molar-refractivity contribution in [2.45, 2.75) is 13.3 Å². The number of nitrogens with one attached hydrogen (secondary N) is 2. The Bertz CT molecular complexity index is 1180. The predicted molar refractivity (Wildman–Crippen MR) is 126 cm³/mol. The van der Waals surface area contributed by atoms with Crippen molar-refractivity contribution in [3.63, 3.8) is 0 Å². The summed E-state index contributed by atoms with van der Waals surface area (Å²) in [6, 6.07) is 10.3. The van der Waals surface area contributed by atoms with Gasteiger partial charge in [0.1, 0.15) is 0 Å². The Kier molecular flexibility index (Phi) is 6.60. The lowest BCUT2D eigenvalue weighted by atomic mass is 10.1. The monoisotopic (exact) mass is 416 g/mol. The van der Waals surface area contributed by atoms with Crippen molar-refractivity contribution in [3.8, 4) is 11.3 Å². The van der Waals surface area contributed by atoms with Gasteiger partial charge in [-0.15, -0.1) is 0 Å². The molecular formula is C25H28N4O2. The van der Waals surface area contributed by atoms with Gasteiger partial charge in [-0.25, -0.2) is 5.10 Å². The van der Waals surface area contributed by atoms with Crippen LogP contribution in [0.3, 0.4) is 0 Å². The molecule has 0 saturated carbocycles. The molecule has 6 heteroatoms. The third-order valence-electron chi connectivity index (χ3n) is 5.54. The Hall–Kier alpha value is -3.22. The fourth-order valence-corrected chi connectivity index (χ4v) is 3.88. The van der Waals surface area contributed by atoms with E-state index in [0.717, 1.165) is 61.4 Å². The summed E-state index contributed by atoms with van der Waals surface area (Å²) in [5.74, 6) is 0. The first-order valence-corrected chi connectivity index (χ1v) is 10.7. The number of morpholine rings is 1. The summed E-state index contributed by atoms with van der Waals surface area (Å²) in [7, 11) is 0. The normalized spacial score (nSPS) is 15.7. The lowest BCUT2D eigenvalue weighted by Crippen LogP contribution is -2.37. The van der Waals surface area contributed by atoms with Crippen molar-refractivity contribution in [3.05, 3.63) is 82.8 Å².